The highest BCUT2D eigenvalue weighted by molar-refractivity contribution is 5.06. The van der Waals surface area contributed by atoms with E-state index in [-0.39, 0.29) is 6.10 Å². The Morgan fingerprint density at radius 1 is 0.277 bits per heavy atom. The van der Waals surface area contributed by atoms with Crippen molar-refractivity contribution in [1.82, 2.24) is 0 Å². The zero-order valence-electron chi connectivity index (χ0n) is 58.0. The molecule has 17 atom stereocenters. The van der Waals surface area contributed by atoms with Crippen LogP contribution in [0.15, 0.2) is 0 Å². The molecule has 0 amide bonds. The van der Waals surface area contributed by atoms with Crippen molar-refractivity contribution >= 4 is 0 Å². The van der Waals surface area contributed by atoms with Gasteiger partial charge in [0.2, 0.25) is 0 Å². The highest BCUT2D eigenvalue weighted by atomic mass is 16.6. The van der Waals surface area contributed by atoms with Crippen molar-refractivity contribution in [3.63, 3.8) is 0 Å². The Morgan fingerprint density at radius 2 is 0.691 bits per heavy atom. The topological polar surface area (TPSA) is 439 Å². The first-order valence-electron chi connectivity index (χ1n) is 37.4. The minimum Gasteiger partial charge on any atom is -0.381 e. The molecule has 5 unspecified atom stereocenters. The van der Waals surface area contributed by atoms with E-state index in [2.05, 4.69) is 0 Å². The van der Waals surface area contributed by atoms with Crippen molar-refractivity contribution < 1.29 is 61.6 Å². The average Bonchev–Trinajstić information content (AvgIpc) is 1.65. The van der Waals surface area contributed by atoms with Gasteiger partial charge in [0, 0.05) is 133 Å². The quantitative estimate of drug-likeness (QED) is 0.153. The van der Waals surface area contributed by atoms with Crippen LogP contribution in [-0.4, -0.2) is 243 Å². The van der Waals surface area contributed by atoms with Crippen molar-refractivity contribution in [3.05, 3.63) is 0 Å². The summed E-state index contributed by atoms with van der Waals surface area (Å²) in [6.07, 6.45) is 29.0. The Balaban J connectivity index is 0.000000145. The van der Waals surface area contributed by atoms with Gasteiger partial charge in [-0.15, -0.1) is 0 Å². The number of fused-ring (bicyclic) bond motifs is 4. The molecular weight excluding hydrogens is 1200 g/mol. The maximum atomic E-state index is 5.73. The second-order valence-electron chi connectivity index (χ2n) is 29.2. The molecule has 18 rings (SSSR count). The number of epoxide rings is 2. The molecule has 12 aliphatic heterocycles. The summed E-state index contributed by atoms with van der Waals surface area (Å²) >= 11 is 0. The summed E-state index contributed by atoms with van der Waals surface area (Å²) in [6, 6.07) is 1.81. The highest BCUT2D eigenvalue weighted by Gasteiger charge is 2.55. The minimum absolute atomic E-state index is 0.142. The molecule has 18 aliphatic rings. The van der Waals surface area contributed by atoms with Crippen LogP contribution in [0, 0.1) is 53.3 Å². The van der Waals surface area contributed by atoms with Gasteiger partial charge in [0.05, 0.1) is 113 Å². The summed E-state index contributed by atoms with van der Waals surface area (Å²) in [6.45, 7) is 21.2. The summed E-state index contributed by atoms with van der Waals surface area (Å²) in [5, 5.41) is 0. The first kappa shape index (κ1) is 80.3. The largest absolute Gasteiger partial charge is 0.381 e. The monoisotopic (exact) mass is 1340 g/mol. The molecule has 6 aliphatic carbocycles. The lowest BCUT2D eigenvalue weighted by Gasteiger charge is -2.22. The van der Waals surface area contributed by atoms with Crippen LogP contribution in [-0.2, 0) is 61.6 Å². The molecule has 25 nitrogen and oxygen atoms in total. The Kier molecular flexibility index (Phi) is 37.9. The van der Waals surface area contributed by atoms with Crippen molar-refractivity contribution in [3.8, 4) is 0 Å². The maximum Gasteiger partial charge on any atom is 0.0931 e. The minimum atomic E-state index is 0.142. The lowest BCUT2D eigenvalue weighted by molar-refractivity contribution is -0.0834. The molecule has 12 heterocycles. The molecular formula is C69H138N12O13. The molecule has 0 aromatic carbocycles. The molecule has 18 fully saturated rings. The number of hydrogen-bond acceptors (Lipinski definition) is 25. The molecule has 0 aromatic heterocycles. The maximum absolute atomic E-state index is 5.73. The summed E-state index contributed by atoms with van der Waals surface area (Å²) in [4.78, 5) is 0. The molecule has 0 bridgehead atoms. The van der Waals surface area contributed by atoms with Crippen molar-refractivity contribution in [2.24, 2.45) is 122 Å². The van der Waals surface area contributed by atoms with Crippen LogP contribution >= 0.6 is 0 Å². The molecule has 24 N–H and O–H groups in total. The van der Waals surface area contributed by atoms with E-state index < -0.39 is 0 Å². The van der Waals surface area contributed by atoms with E-state index in [0.717, 1.165) is 211 Å². The van der Waals surface area contributed by atoms with Crippen molar-refractivity contribution in [2.75, 3.05) is 165 Å². The Hall–Kier alpha value is -1.00. The normalized spacial score (nSPS) is 41.2. The van der Waals surface area contributed by atoms with Gasteiger partial charge in [0.25, 0.3) is 0 Å². The van der Waals surface area contributed by atoms with E-state index in [4.69, 9.17) is 130 Å². The zero-order valence-corrected chi connectivity index (χ0v) is 58.0. The van der Waals surface area contributed by atoms with E-state index >= 15 is 0 Å². The van der Waals surface area contributed by atoms with Crippen LogP contribution in [0.4, 0.5) is 0 Å². The van der Waals surface area contributed by atoms with Gasteiger partial charge >= 0.3 is 0 Å². The number of rotatable bonds is 8. The molecule has 0 aromatic rings. The summed E-state index contributed by atoms with van der Waals surface area (Å²) in [5.74, 6) is 7.04. The Bertz CT molecular complexity index is 1660. The van der Waals surface area contributed by atoms with E-state index in [1.165, 1.54) is 103 Å². The van der Waals surface area contributed by atoms with Gasteiger partial charge in [0.1, 0.15) is 0 Å². The molecule has 94 heavy (non-hydrogen) atoms. The van der Waals surface area contributed by atoms with Crippen LogP contribution in [0.3, 0.4) is 0 Å². The Labute approximate surface area is 565 Å². The fourth-order valence-electron chi connectivity index (χ4n) is 14.4. The first-order chi connectivity index (χ1) is 45.9. The van der Waals surface area contributed by atoms with E-state index in [9.17, 15) is 0 Å². The summed E-state index contributed by atoms with van der Waals surface area (Å²) < 4.78 is 67.9. The number of hydrogen-bond donors (Lipinski definition) is 12. The predicted octanol–water partition coefficient (Wildman–Crippen LogP) is 1.46. The van der Waals surface area contributed by atoms with Crippen molar-refractivity contribution in [1.29, 1.82) is 0 Å². The third-order valence-electron chi connectivity index (χ3n) is 22.1. The lowest BCUT2D eigenvalue weighted by atomic mass is 9.87. The van der Waals surface area contributed by atoms with Crippen LogP contribution < -0.4 is 68.8 Å². The third kappa shape index (κ3) is 29.2. The average molecular weight is 1340 g/mol. The molecule has 552 valence electrons. The Morgan fingerprint density at radius 3 is 0.936 bits per heavy atom. The lowest BCUT2D eigenvalue weighted by Crippen LogP contribution is -2.34. The highest BCUT2D eigenvalue weighted by Crippen LogP contribution is 2.50. The van der Waals surface area contributed by atoms with Gasteiger partial charge in [-0.1, -0.05) is 0 Å². The first-order valence-corrected chi connectivity index (χ1v) is 37.4. The molecule has 2 spiro atoms. The van der Waals surface area contributed by atoms with Gasteiger partial charge in [-0.3, -0.25) is 0 Å². The van der Waals surface area contributed by atoms with Crippen LogP contribution in [0.1, 0.15) is 141 Å². The SMILES string of the molecule is NC1CCC2(CC1)CO2.NC1CCC2(CC1)CO2.NC1[C@H]2CCO[C@@H]12.NC1[C@H]2COC[C@@H]12.NCC1CCOCC1.NCC1COCCO1.NCC1[C@H]2CCO[C@@H]12.NCC1[C@H]2COC[C@@H]12.NC[C@@H]1CCCCO1.NC[C@@H]1CCCO1.NC[C@H]1CCCCO1.NC[C@H]1CCCO1. The second-order valence-corrected chi connectivity index (χ2v) is 29.2. The zero-order chi connectivity index (χ0) is 67.0. The van der Waals surface area contributed by atoms with Crippen molar-refractivity contribution in [2.45, 2.75) is 219 Å². The van der Waals surface area contributed by atoms with Gasteiger partial charge in [-0.2, -0.15) is 0 Å². The molecule has 0 radical (unpaired) electrons. The number of ether oxygens (including phenoxy) is 13. The fourth-order valence-corrected chi connectivity index (χ4v) is 14.4. The summed E-state index contributed by atoms with van der Waals surface area (Å²) in [7, 11) is 0. The van der Waals surface area contributed by atoms with Crippen LogP contribution in [0.5, 0.6) is 0 Å². The number of nitrogens with two attached hydrogens (primary N) is 12. The van der Waals surface area contributed by atoms with E-state index in [1.54, 1.807) is 0 Å². The third-order valence-corrected chi connectivity index (χ3v) is 22.1. The van der Waals surface area contributed by atoms with Gasteiger partial charge < -0.3 is 130 Å². The van der Waals surface area contributed by atoms with Gasteiger partial charge in [-0.25, -0.2) is 0 Å². The molecule has 6 saturated carbocycles. The van der Waals surface area contributed by atoms with E-state index in [0.29, 0.717) is 118 Å². The van der Waals surface area contributed by atoms with Crippen LogP contribution in [0.25, 0.3) is 0 Å². The second kappa shape index (κ2) is 44.4. The van der Waals surface area contributed by atoms with Crippen LogP contribution in [0.2, 0.25) is 0 Å². The predicted molar refractivity (Wildman–Crippen MR) is 366 cm³/mol. The molecule has 25 heteroatoms. The molecule has 12 saturated heterocycles. The smallest absolute Gasteiger partial charge is 0.0931 e. The van der Waals surface area contributed by atoms with Gasteiger partial charge in [0.15, 0.2) is 0 Å². The van der Waals surface area contributed by atoms with Gasteiger partial charge in [-0.05, 0) is 190 Å². The fraction of sp³-hybridized carbons (Fsp3) is 1.00. The summed E-state index contributed by atoms with van der Waals surface area (Å²) in [5.41, 5.74) is 66.3. The van der Waals surface area contributed by atoms with E-state index in [1.807, 2.05) is 0 Å². The standard InChI is InChI=1S/2C7H13NO.2C6H11NO.3C6H13NO.C5H11NO2.2C5H9NO.2C5H11NO/c2*8-6-1-3-7(4-2-6)5-9-7;7-1-4-5-2-8-3-6(4)5;7-3-5-4-1-2-8-6(4)5;7-5-6-1-3-8-4-2-6;2*7-5-6-3-1-2-4-8-6;6-3-5-4-7-1-2-8-5;6-5-3-1-7-2-4(3)5;6-4-3-1-2-7-5(3)4;2*6-4-5-2-1-3-7-5/h2*6H,1-5,8H2;2*4-6H,1-3,7H2;3*6H,1-5,7H2;5H,1-4,6H2;2*3-5H,1-2,6H2;2*5H,1-4,6H2/t;;4?,5-,6+;4-,5?,6-;;2*6-;;3-,4+,5?;3-,4?,5-;2*5-/m...1.10..110/s1.